The SMILES string of the molecule is CC(C)CC(CN)CC(=O)N(C)Cc1cn[nH]c1. The van der Waals surface area contributed by atoms with E-state index in [0.29, 0.717) is 25.4 Å². The molecule has 0 aliphatic rings. The van der Waals surface area contributed by atoms with Gasteiger partial charge in [0.2, 0.25) is 5.91 Å². The van der Waals surface area contributed by atoms with Gasteiger partial charge < -0.3 is 10.6 Å². The van der Waals surface area contributed by atoms with Crippen molar-refractivity contribution in [2.24, 2.45) is 17.6 Å². The van der Waals surface area contributed by atoms with Gasteiger partial charge in [0.15, 0.2) is 0 Å². The van der Waals surface area contributed by atoms with Gasteiger partial charge in [-0.05, 0) is 24.8 Å². The Morgan fingerprint density at radius 2 is 2.28 bits per heavy atom. The van der Waals surface area contributed by atoms with E-state index in [9.17, 15) is 4.79 Å². The van der Waals surface area contributed by atoms with Crippen molar-refractivity contribution in [3.05, 3.63) is 18.0 Å². The first kappa shape index (κ1) is 14.7. The van der Waals surface area contributed by atoms with E-state index in [2.05, 4.69) is 24.0 Å². The number of nitrogens with zero attached hydrogens (tertiary/aromatic N) is 2. The number of H-pyrrole nitrogens is 1. The number of nitrogens with two attached hydrogens (primary N) is 1. The van der Waals surface area contributed by atoms with E-state index in [0.717, 1.165) is 12.0 Å². The molecule has 0 saturated carbocycles. The first-order chi connectivity index (χ1) is 8.52. The van der Waals surface area contributed by atoms with Gasteiger partial charge in [-0.15, -0.1) is 0 Å². The van der Waals surface area contributed by atoms with E-state index >= 15 is 0 Å². The van der Waals surface area contributed by atoms with Gasteiger partial charge in [0.25, 0.3) is 0 Å². The van der Waals surface area contributed by atoms with Crippen LogP contribution < -0.4 is 5.73 Å². The molecule has 1 heterocycles. The van der Waals surface area contributed by atoms with Gasteiger partial charge in [-0.2, -0.15) is 5.10 Å². The highest BCUT2D eigenvalue weighted by Gasteiger charge is 2.17. The Hall–Kier alpha value is -1.36. The Balaban J connectivity index is 2.43. The largest absolute Gasteiger partial charge is 0.341 e. The summed E-state index contributed by atoms with van der Waals surface area (Å²) >= 11 is 0. The summed E-state index contributed by atoms with van der Waals surface area (Å²) in [5.41, 5.74) is 6.73. The molecule has 18 heavy (non-hydrogen) atoms. The molecular formula is C13H24N4O. The molecule has 102 valence electrons. The summed E-state index contributed by atoms with van der Waals surface area (Å²) in [5, 5.41) is 6.61. The summed E-state index contributed by atoms with van der Waals surface area (Å²) < 4.78 is 0. The summed E-state index contributed by atoms with van der Waals surface area (Å²) in [5.74, 6) is 1.00. The Bertz CT molecular complexity index is 348. The molecule has 0 bridgehead atoms. The fraction of sp³-hybridized carbons (Fsp3) is 0.692. The van der Waals surface area contributed by atoms with Crippen LogP contribution in [0, 0.1) is 11.8 Å². The van der Waals surface area contributed by atoms with Crippen molar-refractivity contribution in [2.75, 3.05) is 13.6 Å². The summed E-state index contributed by atoms with van der Waals surface area (Å²) in [6.45, 7) is 5.47. The number of rotatable bonds is 7. The standard InChI is InChI=1S/C13H24N4O/c1-10(2)4-11(6-14)5-13(18)17(3)9-12-7-15-16-8-12/h7-8,10-11H,4-6,9,14H2,1-3H3,(H,15,16). The van der Waals surface area contributed by atoms with Gasteiger partial charge in [-0.3, -0.25) is 9.89 Å². The van der Waals surface area contributed by atoms with Gasteiger partial charge in [0, 0.05) is 31.8 Å². The average molecular weight is 252 g/mol. The van der Waals surface area contributed by atoms with Crippen molar-refractivity contribution in [3.63, 3.8) is 0 Å². The molecule has 5 heteroatoms. The molecule has 0 saturated heterocycles. The highest BCUT2D eigenvalue weighted by molar-refractivity contribution is 5.76. The van der Waals surface area contributed by atoms with Crippen molar-refractivity contribution < 1.29 is 4.79 Å². The van der Waals surface area contributed by atoms with Crippen LogP contribution >= 0.6 is 0 Å². The predicted octanol–water partition coefficient (Wildman–Crippen LogP) is 1.38. The van der Waals surface area contributed by atoms with E-state index in [-0.39, 0.29) is 11.8 Å². The predicted molar refractivity (Wildman–Crippen MR) is 71.7 cm³/mol. The van der Waals surface area contributed by atoms with E-state index in [1.54, 1.807) is 17.3 Å². The highest BCUT2D eigenvalue weighted by Crippen LogP contribution is 2.15. The van der Waals surface area contributed by atoms with Crippen LogP contribution in [-0.2, 0) is 11.3 Å². The molecule has 0 aliphatic carbocycles. The number of aromatic nitrogens is 2. The van der Waals surface area contributed by atoms with Crippen molar-refractivity contribution in [1.82, 2.24) is 15.1 Å². The maximum absolute atomic E-state index is 12.1. The molecule has 1 aromatic rings. The number of carbonyl (C=O) groups is 1. The second kappa shape index (κ2) is 7.16. The molecule has 1 rings (SSSR count). The zero-order valence-electron chi connectivity index (χ0n) is 11.5. The lowest BCUT2D eigenvalue weighted by atomic mass is 9.94. The lowest BCUT2D eigenvalue weighted by molar-refractivity contribution is -0.131. The normalized spacial score (nSPS) is 12.7. The molecule has 5 nitrogen and oxygen atoms in total. The summed E-state index contributed by atoms with van der Waals surface area (Å²) in [6.07, 6.45) is 5.07. The Kier molecular flexibility index (Phi) is 5.85. The maximum Gasteiger partial charge on any atom is 0.222 e. The number of hydrogen-bond acceptors (Lipinski definition) is 3. The van der Waals surface area contributed by atoms with Crippen LogP contribution in [0.15, 0.2) is 12.4 Å². The summed E-state index contributed by atoms with van der Waals surface area (Å²) in [6, 6.07) is 0. The minimum Gasteiger partial charge on any atom is -0.341 e. The minimum atomic E-state index is 0.146. The molecule has 0 radical (unpaired) electrons. The molecule has 0 fully saturated rings. The molecule has 1 aromatic heterocycles. The van der Waals surface area contributed by atoms with E-state index in [4.69, 9.17) is 5.73 Å². The number of nitrogens with one attached hydrogen (secondary N) is 1. The number of aromatic amines is 1. The van der Waals surface area contributed by atoms with Crippen LogP contribution in [0.3, 0.4) is 0 Å². The van der Waals surface area contributed by atoms with Gasteiger partial charge in [-0.25, -0.2) is 0 Å². The first-order valence-corrected chi connectivity index (χ1v) is 6.44. The fourth-order valence-electron chi connectivity index (χ4n) is 2.06. The van der Waals surface area contributed by atoms with Crippen LogP contribution in [0.25, 0.3) is 0 Å². The van der Waals surface area contributed by atoms with Crippen LogP contribution in [0.2, 0.25) is 0 Å². The second-order valence-corrected chi connectivity index (χ2v) is 5.29. The Labute approximate surface area is 109 Å². The van der Waals surface area contributed by atoms with Crippen molar-refractivity contribution in [3.8, 4) is 0 Å². The summed E-state index contributed by atoms with van der Waals surface area (Å²) in [7, 11) is 1.82. The van der Waals surface area contributed by atoms with Crippen LogP contribution in [0.4, 0.5) is 0 Å². The lowest BCUT2D eigenvalue weighted by Crippen LogP contribution is -2.30. The first-order valence-electron chi connectivity index (χ1n) is 6.44. The maximum atomic E-state index is 12.1. The molecular weight excluding hydrogens is 228 g/mol. The van der Waals surface area contributed by atoms with Crippen LogP contribution in [0.1, 0.15) is 32.3 Å². The highest BCUT2D eigenvalue weighted by atomic mass is 16.2. The number of hydrogen-bond donors (Lipinski definition) is 2. The molecule has 1 atom stereocenters. The number of amides is 1. The van der Waals surface area contributed by atoms with Gasteiger partial charge >= 0.3 is 0 Å². The van der Waals surface area contributed by atoms with Crippen LogP contribution in [0.5, 0.6) is 0 Å². The smallest absolute Gasteiger partial charge is 0.222 e. The number of carbonyl (C=O) groups excluding carboxylic acids is 1. The zero-order valence-corrected chi connectivity index (χ0v) is 11.5. The van der Waals surface area contributed by atoms with Gasteiger partial charge in [0.05, 0.1) is 6.20 Å². The third-order valence-electron chi connectivity index (χ3n) is 3.00. The van der Waals surface area contributed by atoms with Crippen molar-refractivity contribution >= 4 is 5.91 Å². The van der Waals surface area contributed by atoms with Gasteiger partial charge in [-0.1, -0.05) is 13.8 Å². The Morgan fingerprint density at radius 1 is 1.56 bits per heavy atom. The summed E-state index contributed by atoms with van der Waals surface area (Å²) in [4.78, 5) is 13.8. The van der Waals surface area contributed by atoms with Crippen molar-refractivity contribution in [2.45, 2.75) is 33.2 Å². The van der Waals surface area contributed by atoms with Crippen LogP contribution in [-0.4, -0.2) is 34.6 Å². The molecule has 3 N–H and O–H groups in total. The third kappa shape index (κ3) is 4.87. The molecule has 0 spiro atoms. The quantitative estimate of drug-likeness (QED) is 0.770. The minimum absolute atomic E-state index is 0.146. The van der Waals surface area contributed by atoms with E-state index in [1.165, 1.54) is 0 Å². The topological polar surface area (TPSA) is 75.0 Å². The lowest BCUT2D eigenvalue weighted by Gasteiger charge is -2.21. The van der Waals surface area contributed by atoms with Crippen molar-refractivity contribution in [1.29, 1.82) is 0 Å². The molecule has 0 aliphatic heterocycles. The fourth-order valence-corrected chi connectivity index (χ4v) is 2.06. The second-order valence-electron chi connectivity index (χ2n) is 5.29. The average Bonchev–Trinajstić information content (AvgIpc) is 2.80. The zero-order chi connectivity index (χ0) is 13.5. The van der Waals surface area contributed by atoms with E-state index in [1.807, 2.05) is 7.05 Å². The molecule has 1 unspecified atom stereocenters. The van der Waals surface area contributed by atoms with E-state index < -0.39 is 0 Å². The molecule has 0 aromatic carbocycles. The Morgan fingerprint density at radius 3 is 2.78 bits per heavy atom. The monoisotopic (exact) mass is 252 g/mol. The third-order valence-corrected chi connectivity index (χ3v) is 3.00. The van der Waals surface area contributed by atoms with Gasteiger partial charge in [0.1, 0.15) is 0 Å². The molecule has 1 amide bonds.